The van der Waals surface area contributed by atoms with Crippen molar-refractivity contribution in [2.24, 2.45) is 0 Å². The number of rotatable bonds is 8. The van der Waals surface area contributed by atoms with E-state index in [-0.39, 0.29) is 24.6 Å². The maximum atomic E-state index is 13.4. The van der Waals surface area contributed by atoms with E-state index in [1.54, 1.807) is 32.0 Å². The van der Waals surface area contributed by atoms with Crippen LogP contribution < -0.4 is 9.47 Å². The highest BCUT2D eigenvalue weighted by Gasteiger charge is 2.31. The first-order valence-electron chi connectivity index (χ1n) is 8.76. The Morgan fingerprint density at radius 3 is 2.07 bits per heavy atom. The van der Waals surface area contributed by atoms with Crippen LogP contribution in [0.25, 0.3) is 0 Å². The van der Waals surface area contributed by atoms with Crippen molar-refractivity contribution in [2.75, 3.05) is 20.8 Å². The lowest BCUT2D eigenvalue weighted by Crippen LogP contribution is -2.43. The van der Waals surface area contributed by atoms with Gasteiger partial charge in [-0.2, -0.15) is 0 Å². The fraction of sp³-hybridized carbons (Fsp3) is 0.333. The molecule has 144 valence electrons. The van der Waals surface area contributed by atoms with Gasteiger partial charge in [0.2, 0.25) is 0 Å². The van der Waals surface area contributed by atoms with Crippen LogP contribution in [0.3, 0.4) is 0 Å². The van der Waals surface area contributed by atoms with Crippen molar-refractivity contribution >= 4 is 11.9 Å². The number of benzene rings is 2. The second kappa shape index (κ2) is 9.62. The molecule has 0 saturated heterocycles. The van der Waals surface area contributed by atoms with Crippen molar-refractivity contribution in [3.63, 3.8) is 0 Å². The van der Waals surface area contributed by atoms with Gasteiger partial charge in [-0.3, -0.25) is 4.79 Å². The molecule has 1 unspecified atom stereocenters. The summed E-state index contributed by atoms with van der Waals surface area (Å²) in [4.78, 5) is 27.2. The molecule has 27 heavy (non-hydrogen) atoms. The van der Waals surface area contributed by atoms with Crippen LogP contribution in [0.4, 0.5) is 0 Å². The van der Waals surface area contributed by atoms with Crippen LogP contribution in [-0.4, -0.2) is 43.6 Å². The van der Waals surface area contributed by atoms with E-state index in [0.29, 0.717) is 11.5 Å². The van der Waals surface area contributed by atoms with Gasteiger partial charge in [0.1, 0.15) is 23.1 Å². The molecule has 1 amide bonds. The number of hydrogen-bond donors (Lipinski definition) is 0. The van der Waals surface area contributed by atoms with Gasteiger partial charge in [-0.25, -0.2) is 4.79 Å². The number of methoxy groups -OCH3 is 2. The first-order chi connectivity index (χ1) is 13.0. The monoisotopic (exact) mass is 371 g/mol. The summed E-state index contributed by atoms with van der Waals surface area (Å²) >= 11 is 0. The maximum Gasteiger partial charge on any atom is 0.328 e. The Balaban J connectivity index is 2.46. The van der Waals surface area contributed by atoms with Gasteiger partial charge in [0.25, 0.3) is 5.91 Å². The Morgan fingerprint density at radius 1 is 0.963 bits per heavy atom. The molecule has 0 saturated carbocycles. The smallest absolute Gasteiger partial charge is 0.328 e. The molecule has 0 radical (unpaired) electrons. The Labute approximate surface area is 159 Å². The van der Waals surface area contributed by atoms with Crippen LogP contribution in [0, 0.1) is 0 Å². The second-order valence-corrected chi connectivity index (χ2v) is 5.88. The Hall–Kier alpha value is -3.02. The van der Waals surface area contributed by atoms with Crippen molar-refractivity contribution < 1.29 is 23.8 Å². The quantitative estimate of drug-likeness (QED) is 0.666. The minimum Gasteiger partial charge on any atom is -0.496 e. The molecule has 0 heterocycles. The lowest BCUT2D eigenvalue weighted by molar-refractivity contribution is -0.148. The summed E-state index contributed by atoms with van der Waals surface area (Å²) in [5.41, 5.74) is 1.17. The van der Waals surface area contributed by atoms with Crippen LogP contribution in [0.2, 0.25) is 0 Å². The predicted molar refractivity (Wildman–Crippen MR) is 102 cm³/mol. The number of nitrogens with zero attached hydrogens (tertiary/aromatic N) is 1. The van der Waals surface area contributed by atoms with E-state index in [1.165, 1.54) is 19.1 Å². The fourth-order valence-corrected chi connectivity index (χ4v) is 2.76. The van der Waals surface area contributed by atoms with E-state index in [1.807, 2.05) is 30.3 Å². The Bertz CT molecular complexity index is 753. The average molecular weight is 371 g/mol. The van der Waals surface area contributed by atoms with E-state index in [9.17, 15) is 9.59 Å². The van der Waals surface area contributed by atoms with Gasteiger partial charge in [0, 0.05) is 6.54 Å². The predicted octanol–water partition coefficient (Wildman–Crippen LogP) is 3.30. The van der Waals surface area contributed by atoms with E-state index < -0.39 is 12.0 Å². The van der Waals surface area contributed by atoms with Crippen LogP contribution in [0.1, 0.15) is 29.8 Å². The molecule has 0 aliphatic heterocycles. The standard InChI is InChI=1S/C21H25NO5/c1-5-27-21(24)15(2)22(14-16-10-7-6-8-11-16)20(23)19-17(25-3)12-9-13-18(19)26-4/h6-13,15H,5,14H2,1-4H3. The van der Waals surface area contributed by atoms with Crippen LogP contribution in [-0.2, 0) is 16.1 Å². The lowest BCUT2D eigenvalue weighted by atomic mass is 10.1. The third-order valence-corrected chi connectivity index (χ3v) is 4.19. The topological polar surface area (TPSA) is 65.1 Å². The number of ether oxygens (including phenoxy) is 3. The van der Waals surface area contributed by atoms with Crippen molar-refractivity contribution in [2.45, 2.75) is 26.4 Å². The van der Waals surface area contributed by atoms with Crippen molar-refractivity contribution in [3.8, 4) is 11.5 Å². The molecule has 6 heteroatoms. The van der Waals surface area contributed by atoms with Crippen molar-refractivity contribution in [1.29, 1.82) is 0 Å². The number of hydrogen-bond acceptors (Lipinski definition) is 5. The van der Waals surface area contributed by atoms with Gasteiger partial charge in [0.15, 0.2) is 0 Å². The third kappa shape index (κ3) is 4.78. The van der Waals surface area contributed by atoms with Crippen LogP contribution in [0.15, 0.2) is 48.5 Å². The van der Waals surface area contributed by atoms with Gasteiger partial charge in [-0.15, -0.1) is 0 Å². The number of amides is 1. The SMILES string of the molecule is CCOC(=O)C(C)N(Cc1ccccc1)C(=O)c1c(OC)cccc1OC. The van der Waals surface area contributed by atoms with Gasteiger partial charge < -0.3 is 19.1 Å². The molecule has 6 nitrogen and oxygen atoms in total. The van der Waals surface area contributed by atoms with Gasteiger partial charge in [-0.1, -0.05) is 36.4 Å². The molecule has 2 rings (SSSR count). The summed E-state index contributed by atoms with van der Waals surface area (Å²) in [5.74, 6) is -0.0636. The van der Waals surface area contributed by atoms with E-state index in [2.05, 4.69) is 0 Å². The third-order valence-electron chi connectivity index (χ3n) is 4.19. The average Bonchev–Trinajstić information content (AvgIpc) is 2.71. The molecule has 0 bridgehead atoms. The number of carbonyl (C=O) groups is 2. The highest BCUT2D eigenvalue weighted by Crippen LogP contribution is 2.30. The van der Waals surface area contributed by atoms with Gasteiger partial charge >= 0.3 is 5.97 Å². The molecule has 0 aliphatic carbocycles. The second-order valence-electron chi connectivity index (χ2n) is 5.88. The molecule has 1 atom stereocenters. The first-order valence-corrected chi connectivity index (χ1v) is 8.76. The summed E-state index contributed by atoms with van der Waals surface area (Å²) in [7, 11) is 2.98. The lowest BCUT2D eigenvalue weighted by Gasteiger charge is -2.29. The highest BCUT2D eigenvalue weighted by atomic mass is 16.5. The summed E-state index contributed by atoms with van der Waals surface area (Å²) in [6.07, 6.45) is 0. The van der Waals surface area contributed by atoms with Crippen LogP contribution in [0.5, 0.6) is 11.5 Å². The van der Waals surface area contributed by atoms with E-state index in [4.69, 9.17) is 14.2 Å². The molecule has 2 aromatic rings. The van der Waals surface area contributed by atoms with Crippen molar-refractivity contribution in [1.82, 2.24) is 4.90 Å². The Kier molecular flexibility index (Phi) is 7.23. The van der Waals surface area contributed by atoms with Gasteiger partial charge in [-0.05, 0) is 31.5 Å². The summed E-state index contributed by atoms with van der Waals surface area (Å²) in [5, 5.41) is 0. The molecule has 0 N–H and O–H groups in total. The summed E-state index contributed by atoms with van der Waals surface area (Å²) in [6.45, 7) is 3.88. The normalized spacial score (nSPS) is 11.4. The highest BCUT2D eigenvalue weighted by molar-refractivity contribution is 6.01. The van der Waals surface area contributed by atoms with E-state index in [0.717, 1.165) is 5.56 Å². The molecule has 2 aromatic carbocycles. The zero-order chi connectivity index (χ0) is 19.8. The molecule has 0 spiro atoms. The maximum absolute atomic E-state index is 13.4. The summed E-state index contributed by atoms with van der Waals surface area (Å²) in [6, 6.07) is 13.8. The summed E-state index contributed by atoms with van der Waals surface area (Å²) < 4.78 is 15.8. The molecular formula is C21H25NO5. The van der Waals surface area contributed by atoms with Gasteiger partial charge in [0.05, 0.1) is 20.8 Å². The van der Waals surface area contributed by atoms with Crippen molar-refractivity contribution in [3.05, 3.63) is 59.7 Å². The minimum absolute atomic E-state index is 0.245. The zero-order valence-corrected chi connectivity index (χ0v) is 16.1. The minimum atomic E-state index is -0.771. The Morgan fingerprint density at radius 2 is 1.56 bits per heavy atom. The van der Waals surface area contributed by atoms with E-state index >= 15 is 0 Å². The zero-order valence-electron chi connectivity index (χ0n) is 16.1. The molecular weight excluding hydrogens is 346 g/mol. The fourth-order valence-electron chi connectivity index (χ4n) is 2.76. The number of carbonyl (C=O) groups excluding carboxylic acids is 2. The molecule has 0 aromatic heterocycles. The molecule has 0 aliphatic rings. The van der Waals surface area contributed by atoms with Crippen LogP contribution >= 0.6 is 0 Å². The number of esters is 1. The first kappa shape index (κ1) is 20.3. The largest absolute Gasteiger partial charge is 0.496 e. The molecule has 0 fully saturated rings.